The van der Waals surface area contributed by atoms with Gasteiger partial charge in [-0.25, -0.2) is 9.37 Å². The SMILES string of the molecule is CC(C)n1c(Br)cnc1COc1ccccc1F. The summed E-state index contributed by atoms with van der Waals surface area (Å²) in [4.78, 5) is 4.25. The molecule has 0 bridgehead atoms. The van der Waals surface area contributed by atoms with Gasteiger partial charge in [-0.3, -0.25) is 0 Å². The van der Waals surface area contributed by atoms with Crippen molar-refractivity contribution in [2.45, 2.75) is 26.5 Å². The predicted molar refractivity (Wildman–Crippen MR) is 71.0 cm³/mol. The van der Waals surface area contributed by atoms with Crippen LogP contribution in [0.5, 0.6) is 5.75 Å². The third kappa shape index (κ3) is 2.72. The van der Waals surface area contributed by atoms with Gasteiger partial charge < -0.3 is 9.30 Å². The van der Waals surface area contributed by atoms with Crippen LogP contribution in [0.4, 0.5) is 4.39 Å². The van der Waals surface area contributed by atoms with E-state index >= 15 is 0 Å². The molecule has 5 heteroatoms. The maximum absolute atomic E-state index is 13.4. The van der Waals surface area contributed by atoms with E-state index in [-0.39, 0.29) is 24.2 Å². The van der Waals surface area contributed by atoms with Crippen LogP contribution in [0, 0.1) is 5.82 Å². The molecule has 0 unspecified atom stereocenters. The number of hydrogen-bond acceptors (Lipinski definition) is 2. The zero-order chi connectivity index (χ0) is 13.1. The lowest BCUT2D eigenvalue weighted by molar-refractivity contribution is 0.272. The van der Waals surface area contributed by atoms with Gasteiger partial charge in [0.25, 0.3) is 0 Å². The molecule has 0 aliphatic carbocycles. The molecule has 0 atom stereocenters. The first-order chi connectivity index (χ1) is 8.59. The molecule has 0 aliphatic heterocycles. The Labute approximate surface area is 114 Å². The summed E-state index contributed by atoms with van der Waals surface area (Å²) in [5.74, 6) is 0.645. The minimum absolute atomic E-state index is 0.241. The van der Waals surface area contributed by atoms with Crippen molar-refractivity contribution in [1.82, 2.24) is 9.55 Å². The summed E-state index contributed by atoms with van der Waals surface area (Å²) >= 11 is 3.43. The number of nitrogens with zero attached hydrogens (tertiary/aromatic N) is 2. The molecule has 96 valence electrons. The van der Waals surface area contributed by atoms with Gasteiger partial charge in [-0.05, 0) is 41.9 Å². The predicted octanol–water partition coefficient (Wildman–Crippen LogP) is 3.94. The number of ether oxygens (including phenoxy) is 1. The molecule has 2 rings (SSSR count). The lowest BCUT2D eigenvalue weighted by Crippen LogP contribution is -2.10. The number of halogens is 2. The van der Waals surface area contributed by atoms with Crippen LogP contribution in [0.2, 0.25) is 0 Å². The van der Waals surface area contributed by atoms with Crippen molar-refractivity contribution < 1.29 is 9.13 Å². The van der Waals surface area contributed by atoms with Crippen molar-refractivity contribution in [2.24, 2.45) is 0 Å². The van der Waals surface area contributed by atoms with Gasteiger partial charge in [-0.2, -0.15) is 0 Å². The van der Waals surface area contributed by atoms with Gasteiger partial charge in [0.2, 0.25) is 0 Å². The van der Waals surface area contributed by atoms with E-state index in [0.29, 0.717) is 0 Å². The van der Waals surface area contributed by atoms with Crippen molar-refractivity contribution in [3.8, 4) is 5.75 Å². The summed E-state index contributed by atoms with van der Waals surface area (Å²) in [6, 6.07) is 6.62. The van der Waals surface area contributed by atoms with Crippen LogP contribution in [0.3, 0.4) is 0 Å². The van der Waals surface area contributed by atoms with Crippen LogP contribution in [-0.2, 0) is 6.61 Å². The van der Waals surface area contributed by atoms with Gasteiger partial charge >= 0.3 is 0 Å². The Hall–Kier alpha value is -1.36. The molecule has 0 saturated heterocycles. The van der Waals surface area contributed by atoms with E-state index in [1.165, 1.54) is 6.07 Å². The molecule has 2 aromatic rings. The summed E-state index contributed by atoms with van der Waals surface area (Å²) in [6.45, 7) is 4.35. The lowest BCUT2D eigenvalue weighted by Gasteiger charge is -2.13. The fraction of sp³-hybridized carbons (Fsp3) is 0.308. The topological polar surface area (TPSA) is 27.1 Å². The van der Waals surface area contributed by atoms with Crippen molar-refractivity contribution >= 4 is 15.9 Å². The number of rotatable bonds is 4. The van der Waals surface area contributed by atoms with Crippen molar-refractivity contribution in [1.29, 1.82) is 0 Å². The maximum atomic E-state index is 13.4. The number of hydrogen-bond donors (Lipinski definition) is 0. The highest BCUT2D eigenvalue weighted by atomic mass is 79.9. The van der Waals surface area contributed by atoms with Crippen LogP contribution in [0.15, 0.2) is 35.1 Å². The van der Waals surface area contributed by atoms with E-state index in [1.54, 1.807) is 24.4 Å². The minimum Gasteiger partial charge on any atom is -0.483 e. The van der Waals surface area contributed by atoms with Crippen molar-refractivity contribution in [3.05, 3.63) is 46.7 Å². The molecule has 18 heavy (non-hydrogen) atoms. The third-order valence-electron chi connectivity index (χ3n) is 2.54. The van der Waals surface area contributed by atoms with Crippen LogP contribution in [0.25, 0.3) is 0 Å². The monoisotopic (exact) mass is 312 g/mol. The molecule has 0 spiro atoms. The van der Waals surface area contributed by atoms with Gasteiger partial charge in [-0.15, -0.1) is 0 Å². The zero-order valence-corrected chi connectivity index (χ0v) is 11.8. The van der Waals surface area contributed by atoms with Gasteiger partial charge in [0.15, 0.2) is 11.6 Å². The lowest BCUT2D eigenvalue weighted by atomic mass is 10.3. The van der Waals surface area contributed by atoms with Gasteiger partial charge in [-0.1, -0.05) is 12.1 Å². The molecule has 0 amide bonds. The molecular formula is C13H14BrFN2O. The fourth-order valence-electron chi connectivity index (χ4n) is 1.73. The Kier molecular flexibility index (Phi) is 4.01. The molecule has 0 radical (unpaired) electrons. The van der Waals surface area contributed by atoms with Gasteiger partial charge in [0, 0.05) is 6.04 Å². The molecule has 0 saturated carbocycles. The second-order valence-corrected chi connectivity index (χ2v) is 4.99. The molecule has 1 aromatic heterocycles. The quantitative estimate of drug-likeness (QED) is 0.855. The van der Waals surface area contributed by atoms with E-state index in [4.69, 9.17) is 4.74 Å². The van der Waals surface area contributed by atoms with Crippen LogP contribution >= 0.6 is 15.9 Å². The molecule has 0 aliphatic rings. The van der Waals surface area contributed by atoms with Crippen molar-refractivity contribution in [2.75, 3.05) is 0 Å². The minimum atomic E-state index is -0.362. The fourth-order valence-corrected chi connectivity index (χ4v) is 2.45. The Balaban J connectivity index is 2.14. The Morgan fingerprint density at radius 2 is 2.11 bits per heavy atom. The van der Waals surface area contributed by atoms with E-state index in [0.717, 1.165) is 10.4 Å². The molecule has 0 N–H and O–H groups in total. The standard InChI is InChI=1S/C13H14BrFN2O/c1-9(2)17-12(14)7-16-13(17)8-18-11-6-4-3-5-10(11)15/h3-7,9H,8H2,1-2H3. The zero-order valence-electron chi connectivity index (χ0n) is 10.2. The van der Waals surface area contributed by atoms with Crippen molar-refractivity contribution in [3.63, 3.8) is 0 Å². The van der Waals surface area contributed by atoms with Crippen LogP contribution in [0.1, 0.15) is 25.7 Å². The number of para-hydroxylation sites is 1. The largest absolute Gasteiger partial charge is 0.483 e. The second-order valence-electron chi connectivity index (χ2n) is 4.18. The smallest absolute Gasteiger partial charge is 0.165 e. The molecular weight excluding hydrogens is 299 g/mol. The Morgan fingerprint density at radius 3 is 2.78 bits per heavy atom. The Morgan fingerprint density at radius 1 is 1.39 bits per heavy atom. The van der Waals surface area contributed by atoms with Gasteiger partial charge in [0.05, 0.1) is 6.20 Å². The van der Waals surface area contributed by atoms with E-state index in [9.17, 15) is 4.39 Å². The number of benzene rings is 1. The second kappa shape index (κ2) is 5.52. The highest BCUT2D eigenvalue weighted by Crippen LogP contribution is 2.21. The highest BCUT2D eigenvalue weighted by Gasteiger charge is 2.12. The first-order valence-electron chi connectivity index (χ1n) is 5.68. The highest BCUT2D eigenvalue weighted by molar-refractivity contribution is 9.10. The molecule has 1 heterocycles. The molecule has 1 aromatic carbocycles. The maximum Gasteiger partial charge on any atom is 0.165 e. The van der Waals surface area contributed by atoms with Gasteiger partial charge in [0.1, 0.15) is 17.0 Å². The summed E-state index contributed by atoms with van der Waals surface area (Å²) < 4.78 is 21.7. The summed E-state index contributed by atoms with van der Waals surface area (Å²) in [5.41, 5.74) is 0. The average Bonchev–Trinajstić information content (AvgIpc) is 2.69. The molecule has 3 nitrogen and oxygen atoms in total. The summed E-state index contributed by atoms with van der Waals surface area (Å²) in [7, 11) is 0. The normalized spacial score (nSPS) is 10.9. The summed E-state index contributed by atoms with van der Waals surface area (Å²) in [5, 5.41) is 0. The average molecular weight is 313 g/mol. The number of aromatic nitrogens is 2. The Bertz CT molecular complexity index is 540. The first kappa shape index (κ1) is 13.1. The van der Waals surface area contributed by atoms with E-state index in [2.05, 4.69) is 34.8 Å². The summed E-state index contributed by atoms with van der Waals surface area (Å²) in [6.07, 6.45) is 1.72. The van der Waals surface area contributed by atoms with Crippen LogP contribution < -0.4 is 4.74 Å². The third-order valence-corrected chi connectivity index (χ3v) is 3.12. The molecule has 0 fully saturated rings. The van der Waals surface area contributed by atoms with Crippen LogP contribution in [-0.4, -0.2) is 9.55 Å². The van der Waals surface area contributed by atoms with E-state index in [1.807, 2.05) is 4.57 Å². The first-order valence-corrected chi connectivity index (χ1v) is 6.48. The van der Waals surface area contributed by atoms with E-state index < -0.39 is 0 Å². The number of imidazole rings is 1.